The Bertz CT molecular complexity index is 412. The zero-order valence-corrected chi connectivity index (χ0v) is 11.7. The van der Waals surface area contributed by atoms with E-state index in [1.807, 2.05) is 13.0 Å². The van der Waals surface area contributed by atoms with E-state index in [4.69, 9.17) is 4.74 Å². The van der Waals surface area contributed by atoms with Crippen LogP contribution in [0, 0.1) is 18.8 Å². The van der Waals surface area contributed by atoms with Gasteiger partial charge in [-0.05, 0) is 31.6 Å². The number of ether oxygens (including phenoxy) is 1. The quantitative estimate of drug-likeness (QED) is 0.852. The first-order valence-electron chi connectivity index (χ1n) is 6.97. The molecule has 1 fully saturated rings. The topological polar surface area (TPSA) is 67.3 Å². The molecular weight excluding hydrogens is 242 g/mol. The van der Waals surface area contributed by atoms with Crippen LogP contribution in [0.2, 0.25) is 0 Å². The van der Waals surface area contributed by atoms with Crippen molar-refractivity contribution < 1.29 is 9.84 Å². The van der Waals surface area contributed by atoms with Gasteiger partial charge in [-0.15, -0.1) is 0 Å². The van der Waals surface area contributed by atoms with Crippen LogP contribution in [0.25, 0.3) is 0 Å². The Morgan fingerprint density at radius 2 is 2.05 bits per heavy atom. The number of anilines is 1. The van der Waals surface area contributed by atoms with Gasteiger partial charge in [0.15, 0.2) is 0 Å². The average molecular weight is 265 g/mol. The zero-order chi connectivity index (χ0) is 13.7. The van der Waals surface area contributed by atoms with E-state index in [2.05, 4.69) is 15.3 Å². The predicted molar refractivity (Wildman–Crippen MR) is 74.3 cm³/mol. The molecule has 2 atom stereocenters. The molecule has 5 heteroatoms. The van der Waals surface area contributed by atoms with Gasteiger partial charge in [-0.3, -0.25) is 0 Å². The summed E-state index contributed by atoms with van der Waals surface area (Å²) >= 11 is 0. The highest BCUT2D eigenvalue weighted by atomic mass is 16.5. The lowest BCUT2D eigenvalue weighted by Crippen LogP contribution is -2.29. The minimum absolute atomic E-state index is 0.282. The molecule has 0 bridgehead atoms. The van der Waals surface area contributed by atoms with Crippen LogP contribution >= 0.6 is 0 Å². The van der Waals surface area contributed by atoms with Gasteiger partial charge >= 0.3 is 0 Å². The Balaban J connectivity index is 1.95. The minimum Gasteiger partial charge on any atom is -0.481 e. The maximum absolute atomic E-state index is 9.41. The Hall–Kier alpha value is -1.36. The fourth-order valence-electron chi connectivity index (χ4n) is 2.74. The highest BCUT2D eigenvalue weighted by Crippen LogP contribution is 2.29. The molecule has 2 N–H and O–H groups in total. The van der Waals surface area contributed by atoms with Crippen LogP contribution < -0.4 is 10.1 Å². The van der Waals surface area contributed by atoms with Gasteiger partial charge in [0.1, 0.15) is 0 Å². The van der Waals surface area contributed by atoms with Crippen LogP contribution in [-0.4, -0.2) is 35.3 Å². The molecule has 1 aromatic heterocycles. The molecule has 2 unspecified atom stereocenters. The Morgan fingerprint density at radius 1 is 1.32 bits per heavy atom. The number of aliphatic hydroxyl groups is 1. The number of hydrogen-bond acceptors (Lipinski definition) is 5. The smallest absolute Gasteiger partial charge is 0.226 e. The van der Waals surface area contributed by atoms with E-state index in [9.17, 15) is 5.11 Å². The Kier molecular flexibility index (Phi) is 4.96. The van der Waals surface area contributed by atoms with Crippen LogP contribution in [0.4, 0.5) is 5.95 Å². The second-order valence-corrected chi connectivity index (χ2v) is 5.24. The summed E-state index contributed by atoms with van der Waals surface area (Å²) in [4.78, 5) is 8.63. The van der Waals surface area contributed by atoms with Crippen molar-refractivity contribution in [1.82, 2.24) is 9.97 Å². The molecule has 1 saturated carbocycles. The highest BCUT2D eigenvalue weighted by Gasteiger charge is 2.24. The first-order valence-corrected chi connectivity index (χ1v) is 6.97. The van der Waals surface area contributed by atoms with E-state index in [-0.39, 0.29) is 6.61 Å². The van der Waals surface area contributed by atoms with Crippen LogP contribution in [0.15, 0.2) is 6.07 Å². The number of aliphatic hydroxyl groups excluding tert-OH is 1. The van der Waals surface area contributed by atoms with Gasteiger partial charge < -0.3 is 15.2 Å². The lowest BCUT2D eigenvalue weighted by Gasteiger charge is -2.30. The molecule has 1 aliphatic rings. The molecule has 1 heterocycles. The standard InChI is InChI=1S/C14H23N3O2/c1-10-7-13(19-2)17-14(16-10)15-8-11-5-3-4-6-12(11)9-18/h7,11-12,18H,3-6,8-9H2,1-2H3,(H,15,16,17). The van der Waals surface area contributed by atoms with E-state index < -0.39 is 0 Å². The SMILES string of the molecule is COc1cc(C)nc(NCC2CCCCC2CO)n1. The molecular formula is C14H23N3O2. The van der Waals surface area contributed by atoms with Gasteiger partial charge in [-0.1, -0.05) is 12.8 Å². The summed E-state index contributed by atoms with van der Waals surface area (Å²) < 4.78 is 5.14. The summed E-state index contributed by atoms with van der Waals surface area (Å²) in [6.07, 6.45) is 4.78. The van der Waals surface area contributed by atoms with Gasteiger partial charge in [-0.2, -0.15) is 4.98 Å². The number of rotatable bonds is 5. The first-order chi connectivity index (χ1) is 9.22. The van der Waals surface area contributed by atoms with Gasteiger partial charge in [-0.25, -0.2) is 4.98 Å². The highest BCUT2D eigenvalue weighted by molar-refractivity contribution is 5.30. The fraction of sp³-hybridized carbons (Fsp3) is 0.714. The van der Waals surface area contributed by atoms with Gasteiger partial charge in [0.2, 0.25) is 11.8 Å². The zero-order valence-electron chi connectivity index (χ0n) is 11.7. The van der Waals surface area contributed by atoms with Crippen molar-refractivity contribution in [3.63, 3.8) is 0 Å². The predicted octanol–water partition coefficient (Wildman–Crippen LogP) is 2.00. The molecule has 1 aromatic rings. The van der Waals surface area contributed by atoms with Gasteiger partial charge in [0.05, 0.1) is 7.11 Å². The first kappa shape index (κ1) is 14.1. The molecule has 19 heavy (non-hydrogen) atoms. The monoisotopic (exact) mass is 265 g/mol. The largest absolute Gasteiger partial charge is 0.481 e. The van der Waals surface area contributed by atoms with Crippen molar-refractivity contribution in [1.29, 1.82) is 0 Å². The maximum Gasteiger partial charge on any atom is 0.226 e. The van der Waals surface area contributed by atoms with Crippen molar-refractivity contribution >= 4 is 5.95 Å². The molecule has 0 saturated heterocycles. The number of aromatic nitrogens is 2. The summed E-state index contributed by atoms with van der Waals surface area (Å²) in [7, 11) is 1.61. The van der Waals surface area contributed by atoms with Crippen molar-refractivity contribution in [2.75, 3.05) is 25.6 Å². The number of methoxy groups -OCH3 is 1. The van der Waals surface area contributed by atoms with E-state index in [0.717, 1.165) is 18.7 Å². The summed E-state index contributed by atoms with van der Waals surface area (Å²) in [6, 6.07) is 1.81. The Labute approximate surface area is 114 Å². The summed E-state index contributed by atoms with van der Waals surface area (Å²) in [5.41, 5.74) is 0.886. The third kappa shape index (κ3) is 3.80. The summed E-state index contributed by atoms with van der Waals surface area (Å²) in [5.74, 6) is 2.11. The average Bonchev–Trinajstić information content (AvgIpc) is 2.44. The van der Waals surface area contributed by atoms with E-state index in [0.29, 0.717) is 23.7 Å². The van der Waals surface area contributed by atoms with Crippen LogP contribution in [-0.2, 0) is 0 Å². The van der Waals surface area contributed by atoms with E-state index in [1.54, 1.807) is 7.11 Å². The second-order valence-electron chi connectivity index (χ2n) is 5.24. The molecule has 0 aromatic carbocycles. The fourth-order valence-corrected chi connectivity index (χ4v) is 2.74. The van der Waals surface area contributed by atoms with E-state index >= 15 is 0 Å². The summed E-state index contributed by atoms with van der Waals surface area (Å²) in [6.45, 7) is 3.02. The number of hydrogen-bond donors (Lipinski definition) is 2. The van der Waals surface area contributed by atoms with Crippen molar-refractivity contribution in [2.24, 2.45) is 11.8 Å². The van der Waals surface area contributed by atoms with Crippen molar-refractivity contribution in [2.45, 2.75) is 32.6 Å². The molecule has 5 nitrogen and oxygen atoms in total. The van der Waals surface area contributed by atoms with Gasteiger partial charge in [0, 0.05) is 24.9 Å². The third-order valence-corrected chi connectivity index (χ3v) is 3.86. The molecule has 0 aliphatic heterocycles. The second kappa shape index (κ2) is 6.70. The van der Waals surface area contributed by atoms with Crippen molar-refractivity contribution in [3.05, 3.63) is 11.8 Å². The number of nitrogens with zero attached hydrogens (tertiary/aromatic N) is 2. The maximum atomic E-state index is 9.41. The molecule has 0 spiro atoms. The Morgan fingerprint density at radius 3 is 2.74 bits per heavy atom. The normalized spacial score (nSPS) is 23.1. The lowest BCUT2D eigenvalue weighted by molar-refractivity contribution is 0.141. The molecule has 0 amide bonds. The number of nitrogens with one attached hydrogen (secondary N) is 1. The molecule has 106 valence electrons. The molecule has 0 radical (unpaired) electrons. The van der Waals surface area contributed by atoms with E-state index in [1.165, 1.54) is 19.3 Å². The van der Waals surface area contributed by atoms with Crippen LogP contribution in [0.1, 0.15) is 31.4 Å². The molecule has 2 rings (SSSR count). The van der Waals surface area contributed by atoms with Gasteiger partial charge in [0.25, 0.3) is 0 Å². The lowest BCUT2D eigenvalue weighted by atomic mass is 9.80. The molecule has 1 aliphatic carbocycles. The number of aryl methyl sites for hydroxylation is 1. The van der Waals surface area contributed by atoms with Crippen molar-refractivity contribution in [3.8, 4) is 5.88 Å². The summed E-state index contributed by atoms with van der Waals surface area (Å²) in [5, 5.41) is 12.7. The van der Waals surface area contributed by atoms with Crippen LogP contribution in [0.3, 0.4) is 0 Å². The van der Waals surface area contributed by atoms with Crippen LogP contribution in [0.5, 0.6) is 5.88 Å². The minimum atomic E-state index is 0.282. The third-order valence-electron chi connectivity index (χ3n) is 3.86.